The summed E-state index contributed by atoms with van der Waals surface area (Å²) in [6, 6.07) is 12.0. The molecule has 2 atom stereocenters. The van der Waals surface area contributed by atoms with Crippen molar-refractivity contribution < 1.29 is 14.7 Å². The number of carboxylic acids is 1. The molecular formula is C21H17N3O3. The Labute approximate surface area is 156 Å². The van der Waals surface area contributed by atoms with Gasteiger partial charge in [-0.2, -0.15) is 0 Å². The summed E-state index contributed by atoms with van der Waals surface area (Å²) in [5.74, 6) is -1.85. The van der Waals surface area contributed by atoms with Gasteiger partial charge in [-0.15, -0.1) is 0 Å². The van der Waals surface area contributed by atoms with E-state index >= 15 is 0 Å². The van der Waals surface area contributed by atoms with Crippen LogP contribution in [0.15, 0.2) is 67.3 Å². The first-order valence-corrected chi connectivity index (χ1v) is 8.53. The summed E-state index contributed by atoms with van der Waals surface area (Å²) in [5.41, 5.74) is 2.63. The van der Waals surface area contributed by atoms with Crippen LogP contribution in [0, 0.1) is 0 Å². The summed E-state index contributed by atoms with van der Waals surface area (Å²) in [5, 5.41) is 9.60. The standard InChI is InChI=1S/C21H17N3O3/c1-24-16-4-2-3-15(21(26)27)18(16)20(25)17(13-5-9-22-10-6-13)19(24)14-7-11-23-12-8-14/h2-12,17,19H,1H3,(H,26,27). The third-order valence-corrected chi connectivity index (χ3v) is 5.03. The number of hydrogen-bond donors (Lipinski definition) is 1. The number of likely N-dealkylation sites (N-methyl/N-ethyl adjacent to an activating group) is 1. The molecule has 134 valence electrons. The first-order valence-electron chi connectivity index (χ1n) is 8.53. The molecule has 2 unspecified atom stereocenters. The lowest BCUT2D eigenvalue weighted by Crippen LogP contribution is -2.39. The van der Waals surface area contributed by atoms with Gasteiger partial charge in [-0.3, -0.25) is 14.8 Å². The fourth-order valence-electron chi connectivity index (χ4n) is 3.82. The zero-order chi connectivity index (χ0) is 19.0. The van der Waals surface area contributed by atoms with Crippen molar-refractivity contribution in [2.45, 2.75) is 12.0 Å². The molecule has 1 aliphatic heterocycles. The third kappa shape index (κ3) is 2.75. The predicted octanol–water partition coefficient (Wildman–Crippen LogP) is 3.33. The van der Waals surface area contributed by atoms with Crippen LogP contribution < -0.4 is 4.90 Å². The highest BCUT2D eigenvalue weighted by atomic mass is 16.4. The molecule has 4 rings (SSSR count). The normalized spacial score (nSPS) is 18.9. The van der Waals surface area contributed by atoms with Crippen molar-refractivity contribution in [3.63, 3.8) is 0 Å². The summed E-state index contributed by atoms with van der Waals surface area (Å²) in [7, 11) is 1.89. The van der Waals surface area contributed by atoms with Crippen LogP contribution in [-0.4, -0.2) is 33.9 Å². The molecule has 0 saturated heterocycles. The van der Waals surface area contributed by atoms with Crippen LogP contribution >= 0.6 is 0 Å². The van der Waals surface area contributed by atoms with Crippen molar-refractivity contribution >= 4 is 17.4 Å². The minimum atomic E-state index is -1.11. The van der Waals surface area contributed by atoms with E-state index in [4.69, 9.17) is 0 Å². The number of carbonyl (C=O) groups is 2. The predicted molar refractivity (Wildman–Crippen MR) is 100 cm³/mol. The largest absolute Gasteiger partial charge is 0.478 e. The van der Waals surface area contributed by atoms with E-state index in [1.807, 2.05) is 24.1 Å². The van der Waals surface area contributed by atoms with E-state index in [0.717, 1.165) is 11.1 Å². The van der Waals surface area contributed by atoms with Crippen LogP contribution in [0.3, 0.4) is 0 Å². The number of hydrogen-bond acceptors (Lipinski definition) is 5. The van der Waals surface area contributed by atoms with Gasteiger partial charge in [0.05, 0.1) is 23.1 Å². The highest BCUT2D eigenvalue weighted by Crippen LogP contribution is 2.46. The molecular weight excluding hydrogens is 342 g/mol. The number of pyridine rings is 2. The molecule has 3 heterocycles. The molecule has 6 nitrogen and oxygen atoms in total. The van der Waals surface area contributed by atoms with E-state index in [2.05, 4.69) is 9.97 Å². The number of carboxylic acid groups (broad SMARTS) is 1. The number of benzene rings is 1. The first-order chi connectivity index (χ1) is 13.1. The number of fused-ring (bicyclic) bond motifs is 1. The number of nitrogens with zero attached hydrogens (tertiary/aromatic N) is 3. The zero-order valence-corrected chi connectivity index (χ0v) is 14.6. The molecule has 0 saturated carbocycles. The number of rotatable bonds is 3. The minimum absolute atomic E-state index is 0.0246. The van der Waals surface area contributed by atoms with Crippen molar-refractivity contribution in [3.8, 4) is 0 Å². The Balaban J connectivity index is 1.98. The van der Waals surface area contributed by atoms with E-state index in [0.29, 0.717) is 5.69 Å². The average molecular weight is 359 g/mol. The fraction of sp³-hybridized carbons (Fsp3) is 0.143. The molecule has 1 N–H and O–H groups in total. The van der Waals surface area contributed by atoms with E-state index in [9.17, 15) is 14.7 Å². The van der Waals surface area contributed by atoms with Gasteiger partial charge in [-0.05, 0) is 47.5 Å². The molecule has 0 radical (unpaired) electrons. The number of carbonyl (C=O) groups excluding carboxylic acids is 1. The first kappa shape index (κ1) is 16.9. The number of ketones is 1. The average Bonchev–Trinajstić information content (AvgIpc) is 2.71. The summed E-state index contributed by atoms with van der Waals surface area (Å²) in [6.07, 6.45) is 6.68. The smallest absolute Gasteiger partial charge is 0.336 e. The Hall–Kier alpha value is -3.54. The Morgan fingerprint density at radius 1 is 0.963 bits per heavy atom. The van der Waals surface area contributed by atoms with Gasteiger partial charge in [0.1, 0.15) is 0 Å². The summed E-state index contributed by atoms with van der Waals surface area (Å²) in [6.45, 7) is 0. The minimum Gasteiger partial charge on any atom is -0.478 e. The van der Waals surface area contributed by atoms with Gasteiger partial charge in [0.2, 0.25) is 0 Å². The molecule has 0 fully saturated rings. The van der Waals surface area contributed by atoms with Gasteiger partial charge in [-0.1, -0.05) is 6.07 Å². The van der Waals surface area contributed by atoms with Gasteiger partial charge in [0, 0.05) is 37.5 Å². The number of Topliss-reactive ketones (excluding diaryl/α,β-unsaturated/α-hetero) is 1. The van der Waals surface area contributed by atoms with Crippen LogP contribution in [0.4, 0.5) is 5.69 Å². The lowest BCUT2D eigenvalue weighted by atomic mass is 9.76. The maximum absolute atomic E-state index is 13.5. The zero-order valence-electron chi connectivity index (χ0n) is 14.6. The molecule has 1 aliphatic rings. The van der Waals surface area contributed by atoms with Crippen molar-refractivity contribution in [2.75, 3.05) is 11.9 Å². The van der Waals surface area contributed by atoms with E-state index in [1.165, 1.54) is 6.07 Å². The molecule has 0 amide bonds. The van der Waals surface area contributed by atoms with Gasteiger partial charge in [0.25, 0.3) is 0 Å². The second-order valence-electron chi connectivity index (χ2n) is 6.46. The van der Waals surface area contributed by atoms with Crippen LogP contribution in [0.2, 0.25) is 0 Å². The maximum Gasteiger partial charge on any atom is 0.336 e. The van der Waals surface area contributed by atoms with E-state index in [-0.39, 0.29) is 23.0 Å². The molecule has 0 bridgehead atoms. The Bertz CT molecular complexity index is 1010. The Morgan fingerprint density at radius 2 is 1.56 bits per heavy atom. The number of aromatic nitrogens is 2. The maximum atomic E-state index is 13.5. The van der Waals surface area contributed by atoms with Gasteiger partial charge in [0.15, 0.2) is 5.78 Å². The van der Waals surface area contributed by atoms with Crippen LogP contribution in [0.25, 0.3) is 0 Å². The van der Waals surface area contributed by atoms with E-state index < -0.39 is 11.9 Å². The monoisotopic (exact) mass is 359 g/mol. The summed E-state index contributed by atoms with van der Waals surface area (Å²) < 4.78 is 0. The summed E-state index contributed by atoms with van der Waals surface area (Å²) in [4.78, 5) is 35.4. The highest BCUT2D eigenvalue weighted by molar-refractivity contribution is 6.14. The molecule has 0 spiro atoms. The van der Waals surface area contributed by atoms with E-state index in [1.54, 1.807) is 49.1 Å². The Kier molecular flexibility index (Phi) is 4.16. The lowest BCUT2D eigenvalue weighted by Gasteiger charge is -2.41. The SMILES string of the molecule is CN1c2cccc(C(=O)O)c2C(=O)C(c2ccncc2)C1c1ccncc1. The van der Waals surface area contributed by atoms with Crippen molar-refractivity contribution in [1.29, 1.82) is 0 Å². The molecule has 1 aromatic carbocycles. The molecule has 2 aromatic heterocycles. The Morgan fingerprint density at radius 3 is 2.15 bits per heavy atom. The summed E-state index contributed by atoms with van der Waals surface area (Å²) >= 11 is 0. The third-order valence-electron chi connectivity index (χ3n) is 5.03. The van der Waals surface area contributed by atoms with Crippen molar-refractivity contribution in [2.24, 2.45) is 0 Å². The molecule has 0 aliphatic carbocycles. The molecule has 3 aromatic rings. The quantitative estimate of drug-likeness (QED) is 0.772. The van der Waals surface area contributed by atoms with Gasteiger partial charge >= 0.3 is 5.97 Å². The van der Waals surface area contributed by atoms with Crippen LogP contribution in [-0.2, 0) is 0 Å². The van der Waals surface area contributed by atoms with Crippen LogP contribution in [0.1, 0.15) is 43.8 Å². The lowest BCUT2D eigenvalue weighted by molar-refractivity contribution is 0.0690. The topological polar surface area (TPSA) is 83.4 Å². The van der Waals surface area contributed by atoms with Crippen molar-refractivity contribution in [1.82, 2.24) is 9.97 Å². The number of anilines is 1. The van der Waals surface area contributed by atoms with Gasteiger partial charge < -0.3 is 10.0 Å². The number of aromatic carboxylic acids is 1. The highest BCUT2D eigenvalue weighted by Gasteiger charge is 2.42. The second-order valence-corrected chi connectivity index (χ2v) is 6.46. The second kappa shape index (κ2) is 6.64. The molecule has 27 heavy (non-hydrogen) atoms. The van der Waals surface area contributed by atoms with Crippen molar-refractivity contribution in [3.05, 3.63) is 89.5 Å². The van der Waals surface area contributed by atoms with Crippen LogP contribution in [0.5, 0.6) is 0 Å². The molecule has 6 heteroatoms. The fourth-order valence-corrected chi connectivity index (χ4v) is 3.82. The van der Waals surface area contributed by atoms with Gasteiger partial charge in [-0.25, -0.2) is 4.79 Å².